The number of hydrogen-bond donors (Lipinski definition) is 0. The number of nitrogens with zero attached hydrogens (tertiary/aromatic N) is 3. The van der Waals surface area contributed by atoms with Crippen molar-refractivity contribution in [3.8, 4) is 0 Å². The van der Waals surface area contributed by atoms with Gasteiger partial charge in [0.15, 0.2) is 0 Å². The highest BCUT2D eigenvalue weighted by Gasteiger charge is 2.24. The zero-order chi connectivity index (χ0) is 13.1. The van der Waals surface area contributed by atoms with Crippen LogP contribution in [-0.4, -0.2) is 53.9 Å². The van der Waals surface area contributed by atoms with E-state index in [1.165, 1.54) is 12.6 Å². The van der Waals surface area contributed by atoms with Gasteiger partial charge in [-0.25, -0.2) is 0 Å². The van der Waals surface area contributed by atoms with E-state index in [0.717, 1.165) is 19.5 Å². The van der Waals surface area contributed by atoms with Crippen molar-refractivity contribution in [1.82, 2.24) is 14.8 Å². The fourth-order valence-corrected chi connectivity index (χ4v) is 2.54. The van der Waals surface area contributed by atoms with Gasteiger partial charge in [0.1, 0.15) is 0 Å². The van der Waals surface area contributed by atoms with Crippen molar-refractivity contribution >= 4 is 17.5 Å². The molecule has 2 heterocycles. The fourth-order valence-electron chi connectivity index (χ4n) is 2.35. The summed E-state index contributed by atoms with van der Waals surface area (Å²) in [5.41, 5.74) is 0.474. The third-order valence-corrected chi connectivity index (χ3v) is 3.83. The maximum absolute atomic E-state index is 12.2. The molecule has 1 aliphatic rings. The number of likely N-dealkylation sites (tertiary alicyclic amines) is 1. The summed E-state index contributed by atoms with van der Waals surface area (Å²) >= 11 is 6.01. The molecule has 1 unspecified atom stereocenters. The average Bonchev–Trinajstić information content (AvgIpc) is 2.75. The molecule has 1 aromatic heterocycles. The van der Waals surface area contributed by atoms with Crippen molar-refractivity contribution < 1.29 is 4.79 Å². The van der Waals surface area contributed by atoms with Crippen LogP contribution in [0.4, 0.5) is 0 Å². The van der Waals surface area contributed by atoms with E-state index in [9.17, 15) is 4.79 Å². The average molecular weight is 268 g/mol. The second-order valence-electron chi connectivity index (χ2n) is 4.82. The standard InChI is InChI=1S/C13H18ClN3O/c1-16-7-3-4-10(16)9-17(2)13(18)11-8-15-6-5-12(11)14/h5-6,8,10H,3-4,7,9H2,1-2H3. The Labute approximate surface area is 113 Å². The molecule has 0 spiro atoms. The molecule has 98 valence electrons. The van der Waals surface area contributed by atoms with Crippen molar-refractivity contribution in [2.24, 2.45) is 0 Å². The maximum atomic E-state index is 12.2. The second-order valence-corrected chi connectivity index (χ2v) is 5.23. The molecule has 0 aromatic carbocycles. The molecular weight excluding hydrogens is 250 g/mol. The summed E-state index contributed by atoms with van der Waals surface area (Å²) in [4.78, 5) is 20.2. The Morgan fingerprint density at radius 3 is 3.06 bits per heavy atom. The number of rotatable bonds is 3. The Kier molecular flexibility index (Phi) is 4.19. The lowest BCUT2D eigenvalue weighted by atomic mass is 10.2. The third kappa shape index (κ3) is 2.82. The van der Waals surface area contributed by atoms with E-state index in [1.807, 2.05) is 7.05 Å². The lowest BCUT2D eigenvalue weighted by Crippen LogP contribution is -2.39. The number of hydrogen-bond acceptors (Lipinski definition) is 3. The summed E-state index contributed by atoms with van der Waals surface area (Å²) in [6, 6.07) is 2.10. The normalized spacial score (nSPS) is 20.1. The van der Waals surface area contributed by atoms with Crippen molar-refractivity contribution in [3.05, 3.63) is 29.0 Å². The van der Waals surface area contributed by atoms with Gasteiger partial charge in [0.25, 0.3) is 5.91 Å². The van der Waals surface area contributed by atoms with Crippen LogP contribution >= 0.6 is 11.6 Å². The third-order valence-electron chi connectivity index (χ3n) is 3.50. The van der Waals surface area contributed by atoms with Crippen LogP contribution in [0.15, 0.2) is 18.5 Å². The van der Waals surface area contributed by atoms with Crippen LogP contribution in [0, 0.1) is 0 Å². The van der Waals surface area contributed by atoms with E-state index in [2.05, 4.69) is 16.9 Å². The van der Waals surface area contributed by atoms with Crippen molar-refractivity contribution in [3.63, 3.8) is 0 Å². The van der Waals surface area contributed by atoms with E-state index in [4.69, 9.17) is 11.6 Å². The van der Waals surface area contributed by atoms with Crippen molar-refractivity contribution in [1.29, 1.82) is 0 Å². The molecule has 1 fully saturated rings. The van der Waals surface area contributed by atoms with Crippen LogP contribution in [-0.2, 0) is 0 Å². The monoisotopic (exact) mass is 267 g/mol. The van der Waals surface area contributed by atoms with Crippen LogP contribution < -0.4 is 0 Å². The Hall–Kier alpha value is -1.13. The smallest absolute Gasteiger partial charge is 0.256 e. The number of likely N-dealkylation sites (N-methyl/N-ethyl adjacent to an activating group) is 2. The summed E-state index contributed by atoms with van der Waals surface area (Å²) in [5.74, 6) is -0.0617. The zero-order valence-electron chi connectivity index (χ0n) is 10.8. The van der Waals surface area contributed by atoms with Gasteiger partial charge in [-0.3, -0.25) is 9.78 Å². The first-order chi connectivity index (χ1) is 8.59. The Morgan fingerprint density at radius 1 is 1.67 bits per heavy atom. The zero-order valence-corrected chi connectivity index (χ0v) is 11.5. The van der Waals surface area contributed by atoms with Crippen LogP contribution in [0.1, 0.15) is 23.2 Å². The summed E-state index contributed by atoms with van der Waals surface area (Å²) in [6.07, 6.45) is 5.47. The molecule has 0 aliphatic carbocycles. The van der Waals surface area contributed by atoms with Crippen LogP contribution in [0.5, 0.6) is 0 Å². The van der Waals surface area contributed by atoms with Gasteiger partial charge in [-0.15, -0.1) is 0 Å². The lowest BCUT2D eigenvalue weighted by Gasteiger charge is -2.26. The molecule has 0 saturated carbocycles. The number of carbonyl (C=O) groups excluding carboxylic acids is 1. The molecule has 0 bridgehead atoms. The molecule has 18 heavy (non-hydrogen) atoms. The van der Waals surface area contributed by atoms with E-state index < -0.39 is 0 Å². The van der Waals surface area contributed by atoms with Gasteiger partial charge in [0.2, 0.25) is 0 Å². The molecular formula is C13H18ClN3O. The molecule has 1 saturated heterocycles. The van der Waals surface area contributed by atoms with E-state index >= 15 is 0 Å². The van der Waals surface area contributed by atoms with Gasteiger partial charge in [0, 0.05) is 32.0 Å². The lowest BCUT2D eigenvalue weighted by molar-refractivity contribution is 0.0761. The molecule has 2 rings (SSSR count). The molecule has 1 aromatic rings. The molecule has 4 nitrogen and oxygen atoms in total. The predicted octanol–water partition coefficient (Wildman–Crippen LogP) is 1.90. The first-order valence-electron chi connectivity index (χ1n) is 6.15. The highest BCUT2D eigenvalue weighted by atomic mass is 35.5. The summed E-state index contributed by atoms with van der Waals surface area (Å²) in [6.45, 7) is 1.85. The minimum atomic E-state index is -0.0617. The van der Waals surface area contributed by atoms with Gasteiger partial charge in [-0.1, -0.05) is 11.6 Å². The van der Waals surface area contributed by atoms with Gasteiger partial charge in [-0.05, 0) is 32.5 Å². The van der Waals surface area contributed by atoms with E-state index in [1.54, 1.807) is 17.2 Å². The van der Waals surface area contributed by atoms with Crippen molar-refractivity contribution in [2.75, 3.05) is 27.2 Å². The van der Waals surface area contributed by atoms with Gasteiger partial charge in [0.05, 0.1) is 10.6 Å². The maximum Gasteiger partial charge on any atom is 0.256 e. The van der Waals surface area contributed by atoms with Crippen LogP contribution in [0.3, 0.4) is 0 Å². The first kappa shape index (κ1) is 13.3. The van der Waals surface area contributed by atoms with E-state index in [0.29, 0.717) is 16.6 Å². The topological polar surface area (TPSA) is 36.4 Å². The second kappa shape index (κ2) is 5.67. The summed E-state index contributed by atoms with van der Waals surface area (Å²) in [5, 5.41) is 0.460. The Balaban J connectivity index is 2.03. The number of carbonyl (C=O) groups is 1. The van der Waals surface area contributed by atoms with Crippen LogP contribution in [0.25, 0.3) is 0 Å². The number of aromatic nitrogens is 1. The van der Waals surface area contributed by atoms with Gasteiger partial charge >= 0.3 is 0 Å². The quantitative estimate of drug-likeness (QED) is 0.839. The largest absolute Gasteiger partial charge is 0.340 e. The SMILES string of the molecule is CN(CC1CCCN1C)C(=O)c1cnccc1Cl. The molecule has 5 heteroatoms. The highest BCUT2D eigenvalue weighted by molar-refractivity contribution is 6.33. The van der Waals surface area contributed by atoms with Crippen LogP contribution in [0.2, 0.25) is 5.02 Å². The number of amides is 1. The Bertz CT molecular complexity index is 438. The molecule has 1 amide bonds. The Morgan fingerprint density at radius 2 is 2.44 bits per heavy atom. The van der Waals surface area contributed by atoms with Gasteiger partial charge in [-0.2, -0.15) is 0 Å². The fraction of sp³-hybridized carbons (Fsp3) is 0.538. The first-order valence-corrected chi connectivity index (χ1v) is 6.52. The number of halogens is 1. The minimum absolute atomic E-state index is 0.0617. The van der Waals surface area contributed by atoms with Crippen molar-refractivity contribution in [2.45, 2.75) is 18.9 Å². The molecule has 0 radical (unpaired) electrons. The molecule has 1 atom stereocenters. The minimum Gasteiger partial charge on any atom is -0.340 e. The van der Waals surface area contributed by atoms with E-state index in [-0.39, 0.29) is 5.91 Å². The molecule has 0 N–H and O–H groups in total. The highest BCUT2D eigenvalue weighted by Crippen LogP contribution is 2.18. The summed E-state index contributed by atoms with van der Waals surface area (Å²) in [7, 11) is 3.92. The van der Waals surface area contributed by atoms with Gasteiger partial charge < -0.3 is 9.80 Å². The number of pyridine rings is 1. The summed E-state index contributed by atoms with van der Waals surface area (Å²) < 4.78 is 0. The predicted molar refractivity (Wildman–Crippen MR) is 71.9 cm³/mol. The molecule has 1 aliphatic heterocycles.